The van der Waals surface area contributed by atoms with Crippen molar-refractivity contribution < 1.29 is 29.5 Å². The van der Waals surface area contributed by atoms with Gasteiger partial charge in [0.1, 0.15) is 10.4 Å². The van der Waals surface area contributed by atoms with Gasteiger partial charge in [-0.3, -0.25) is 10.1 Å². The van der Waals surface area contributed by atoms with Crippen LogP contribution in [0.15, 0.2) is 12.2 Å². The summed E-state index contributed by atoms with van der Waals surface area (Å²) < 4.78 is 4.51. The highest BCUT2D eigenvalue weighted by molar-refractivity contribution is 9.10. The van der Waals surface area contributed by atoms with Gasteiger partial charge in [-0.05, 0) is 45.6 Å². The number of rotatable bonds is 14. The minimum absolute atomic E-state index is 0.242. The zero-order valence-corrected chi connectivity index (χ0v) is 15.9. The zero-order valence-electron chi connectivity index (χ0n) is 14.3. The summed E-state index contributed by atoms with van der Waals surface area (Å²) in [5, 5.41) is 8.63. The molecule has 0 aromatic carbocycles. The van der Waals surface area contributed by atoms with Crippen molar-refractivity contribution in [3.05, 3.63) is 12.2 Å². The second-order valence-electron chi connectivity index (χ2n) is 5.90. The molecule has 136 valence electrons. The SMILES string of the molecule is C=C(C)C(CCOOCCCCCCOC(=O)C(C)(C)Br)OO. The fraction of sp³-hybridized carbons (Fsp3) is 0.812. The van der Waals surface area contributed by atoms with Gasteiger partial charge in [-0.15, -0.1) is 0 Å². The fourth-order valence-corrected chi connectivity index (χ4v) is 1.73. The van der Waals surface area contributed by atoms with Gasteiger partial charge in [-0.25, -0.2) is 14.7 Å². The Morgan fingerprint density at radius 1 is 1.13 bits per heavy atom. The van der Waals surface area contributed by atoms with E-state index in [1.54, 1.807) is 20.8 Å². The summed E-state index contributed by atoms with van der Waals surface area (Å²) in [6.07, 6.45) is 3.72. The summed E-state index contributed by atoms with van der Waals surface area (Å²) in [7, 11) is 0. The molecule has 23 heavy (non-hydrogen) atoms. The molecule has 0 rings (SSSR count). The topological polar surface area (TPSA) is 74.2 Å². The van der Waals surface area contributed by atoms with E-state index in [0.717, 1.165) is 31.3 Å². The summed E-state index contributed by atoms with van der Waals surface area (Å²) in [5.41, 5.74) is 0.736. The highest BCUT2D eigenvalue weighted by Gasteiger charge is 2.24. The number of alkyl halides is 1. The highest BCUT2D eigenvalue weighted by atomic mass is 79.9. The molecule has 0 aliphatic heterocycles. The molecule has 1 atom stereocenters. The van der Waals surface area contributed by atoms with Gasteiger partial charge < -0.3 is 4.74 Å². The summed E-state index contributed by atoms with van der Waals surface area (Å²) >= 11 is 3.26. The second-order valence-corrected chi connectivity index (χ2v) is 7.88. The minimum Gasteiger partial charge on any atom is -0.465 e. The van der Waals surface area contributed by atoms with Crippen molar-refractivity contribution in [1.29, 1.82) is 0 Å². The standard InChI is InChI=1S/C16H29BrO6/c1-13(2)14(23-19)9-12-22-21-11-8-6-5-7-10-20-15(18)16(3,4)17/h14,19H,1,5-12H2,2-4H3. The van der Waals surface area contributed by atoms with E-state index < -0.39 is 10.4 Å². The molecule has 0 saturated heterocycles. The normalized spacial score (nSPS) is 12.9. The molecular formula is C16H29BrO6. The van der Waals surface area contributed by atoms with Gasteiger partial charge in [-0.1, -0.05) is 28.9 Å². The molecule has 0 aromatic rings. The van der Waals surface area contributed by atoms with Crippen LogP contribution < -0.4 is 0 Å². The van der Waals surface area contributed by atoms with Crippen molar-refractivity contribution in [1.82, 2.24) is 0 Å². The number of halogens is 1. The monoisotopic (exact) mass is 396 g/mol. The maximum absolute atomic E-state index is 11.5. The van der Waals surface area contributed by atoms with E-state index >= 15 is 0 Å². The van der Waals surface area contributed by atoms with Crippen molar-refractivity contribution in [2.45, 2.75) is 63.3 Å². The first kappa shape index (κ1) is 22.5. The molecule has 1 unspecified atom stereocenters. The third-order valence-electron chi connectivity index (χ3n) is 3.06. The van der Waals surface area contributed by atoms with Crippen LogP contribution >= 0.6 is 15.9 Å². The van der Waals surface area contributed by atoms with Crippen LogP contribution in [0.5, 0.6) is 0 Å². The van der Waals surface area contributed by atoms with Crippen LogP contribution in [-0.2, 0) is 24.2 Å². The van der Waals surface area contributed by atoms with Crippen molar-refractivity contribution >= 4 is 21.9 Å². The Morgan fingerprint density at radius 2 is 1.70 bits per heavy atom. The summed E-state index contributed by atoms with van der Waals surface area (Å²) in [6.45, 7) is 10.3. The van der Waals surface area contributed by atoms with E-state index in [9.17, 15) is 4.79 Å². The first-order valence-electron chi connectivity index (χ1n) is 7.85. The number of unbranched alkanes of at least 4 members (excludes halogenated alkanes) is 3. The Morgan fingerprint density at radius 3 is 2.22 bits per heavy atom. The number of esters is 1. The Kier molecular flexibility index (Phi) is 12.6. The molecule has 1 N–H and O–H groups in total. The zero-order chi connectivity index (χ0) is 17.7. The second kappa shape index (κ2) is 12.9. The highest BCUT2D eigenvalue weighted by Crippen LogP contribution is 2.17. The molecular weight excluding hydrogens is 368 g/mol. The molecule has 0 aromatic heterocycles. The molecule has 0 spiro atoms. The molecule has 0 heterocycles. The van der Waals surface area contributed by atoms with Gasteiger partial charge in [0.2, 0.25) is 0 Å². The lowest BCUT2D eigenvalue weighted by Gasteiger charge is -2.14. The largest absolute Gasteiger partial charge is 0.465 e. The van der Waals surface area contributed by atoms with Crippen LogP contribution in [0.4, 0.5) is 0 Å². The van der Waals surface area contributed by atoms with Gasteiger partial charge in [0, 0.05) is 6.42 Å². The lowest BCUT2D eigenvalue weighted by Crippen LogP contribution is -2.26. The van der Waals surface area contributed by atoms with Gasteiger partial charge in [-0.2, -0.15) is 0 Å². The molecule has 0 saturated carbocycles. The summed E-state index contributed by atoms with van der Waals surface area (Å²) in [4.78, 5) is 25.8. The summed E-state index contributed by atoms with van der Waals surface area (Å²) in [6, 6.07) is 0. The van der Waals surface area contributed by atoms with Crippen molar-refractivity contribution in [2.75, 3.05) is 19.8 Å². The van der Waals surface area contributed by atoms with Gasteiger partial charge >= 0.3 is 5.97 Å². The average Bonchev–Trinajstić information content (AvgIpc) is 2.46. The van der Waals surface area contributed by atoms with Gasteiger partial charge in [0.25, 0.3) is 0 Å². The molecule has 0 bridgehead atoms. The molecule has 6 nitrogen and oxygen atoms in total. The third kappa shape index (κ3) is 12.6. The predicted molar refractivity (Wildman–Crippen MR) is 91.3 cm³/mol. The van der Waals surface area contributed by atoms with E-state index in [1.807, 2.05) is 0 Å². The molecule has 0 aliphatic carbocycles. The van der Waals surface area contributed by atoms with Crippen molar-refractivity contribution in [3.63, 3.8) is 0 Å². The molecule has 0 amide bonds. The van der Waals surface area contributed by atoms with E-state index in [4.69, 9.17) is 19.8 Å². The van der Waals surface area contributed by atoms with E-state index in [1.165, 1.54) is 0 Å². The average molecular weight is 397 g/mol. The van der Waals surface area contributed by atoms with Crippen LogP contribution in [-0.4, -0.2) is 41.5 Å². The number of carbonyl (C=O) groups excluding carboxylic acids is 1. The quantitative estimate of drug-likeness (QED) is 0.119. The number of hydrogen-bond acceptors (Lipinski definition) is 6. The maximum atomic E-state index is 11.5. The van der Waals surface area contributed by atoms with Gasteiger partial charge in [0.05, 0.1) is 19.8 Å². The number of ether oxygens (including phenoxy) is 1. The molecule has 0 fully saturated rings. The summed E-state index contributed by atoms with van der Waals surface area (Å²) in [5.74, 6) is -0.242. The third-order valence-corrected chi connectivity index (χ3v) is 3.39. The minimum atomic E-state index is -0.623. The van der Waals surface area contributed by atoms with Crippen LogP contribution in [0.1, 0.15) is 52.9 Å². The number of hydrogen-bond donors (Lipinski definition) is 1. The smallest absolute Gasteiger partial charge is 0.322 e. The van der Waals surface area contributed by atoms with Crippen LogP contribution in [0.2, 0.25) is 0 Å². The molecule has 0 aliphatic rings. The lowest BCUT2D eigenvalue weighted by atomic mass is 10.1. The Bertz CT molecular complexity index is 340. The Balaban J connectivity index is 3.34. The lowest BCUT2D eigenvalue weighted by molar-refractivity contribution is -0.310. The van der Waals surface area contributed by atoms with Crippen molar-refractivity contribution in [2.24, 2.45) is 0 Å². The van der Waals surface area contributed by atoms with E-state index in [-0.39, 0.29) is 5.97 Å². The first-order chi connectivity index (χ1) is 10.8. The number of carbonyl (C=O) groups is 1. The van der Waals surface area contributed by atoms with Crippen LogP contribution in [0, 0.1) is 0 Å². The van der Waals surface area contributed by atoms with Crippen LogP contribution in [0.3, 0.4) is 0 Å². The molecule has 0 radical (unpaired) electrons. The fourth-order valence-electron chi connectivity index (χ4n) is 1.62. The van der Waals surface area contributed by atoms with Crippen molar-refractivity contribution in [3.8, 4) is 0 Å². The van der Waals surface area contributed by atoms with Crippen LogP contribution in [0.25, 0.3) is 0 Å². The predicted octanol–water partition coefficient (Wildman–Crippen LogP) is 4.04. The maximum Gasteiger partial charge on any atom is 0.322 e. The van der Waals surface area contributed by atoms with Gasteiger partial charge in [0.15, 0.2) is 0 Å². The molecule has 7 heteroatoms. The Hall–Kier alpha value is -0.470. The van der Waals surface area contributed by atoms with E-state index in [2.05, 4.69) is 27.4 Å². The Labute approximate surface area is 147 Å². The first-order valence-corrected chi connectivity index (χ1v) is 8.64. The van der Waals surface area contributed by atoms with E-state index in [0.29, 0.717) is 26.2 Å².